The normalized spacial score (nSPS) is 12.4. The molecule has 0 aliphatic rings. The molecule has 0 fully saturated rings. The topological polar surface area (TPSA) is 64.0 Å². The Morgan fingerprint density at radius 3 is 2.67 bits per heavy atom. The van der Waals surface area contributed by atoms with Crippen molar-refractivity contribution >= 4 is 39.2 Å². The Balaban J connectivity index is 1.73. The Labute approximate surface area is 166 Å². The first kappa shape index (κ1) is 19.6. The van der Waals surface area contributed by atoms with E-state index in [1.54, 1.807) is 4.57 Å². The SMILES string of the molecule is CCn1c(SCC(=O)NC(c2ccccc2)C(C)C)nc2ccsc2c1=O. The fourth-order valence-corrected chi connectivity index (χ4v) is 4.61. The molecule has 0 aliphatic heterocycles. The molecule has 1 N–H and O–H groups in total. The number of hydrogen-bond acceptors (Lipinski definition) is 5. The van der Waals surface area contributed by atoms with Crippen LogP contribution in [-0.2, 0) is 11.3 Å². The van der Waals surface area contributed by atoms with Gasteiger partial charge in [-0.05, 0) is 29.9 Å². The molecule has 0 radical (unpaired) electrons. The van der Waals surface area contributed by atoms with Gasteiger partial charge in [0.05, 0.1) is 17.3 Å². The van der Waals surface area contributed by atoms with Crippen LogP contribution in [0.2, 0.25) is 0 Å². The van der Waals surface area contributed by atoms with Gasteiger partial charge >= 0.3 is 0 Å². The molecule has 1 unspecified atom stereocenters. The average molecular weight is 402 g/mol. The molecule has 0 saturated heterocycles. The first-order chi connectivity index (χ1) is 13.0. The molecule has 1 amide bonds. The fraction of sp³-hybridized carbons (Fsp3) is 0.350. The number of fused-ring (bicyclic) bond motifs is 1. The quantitative estimate of drug-likeness (QED) is 0.478. The maximum absolute atomic E-state index is 12.6. The Kier molecular flexibility index (Phi) is 6.34. The summed E-state index contributed by atoms with van der Waals surface area (Å²) in [7, 11) is 0. The van der Waals surface area contributed by atoms with Crippen molar-refractivity contribution in [2.45, 2.75) is 38.5 Å². The van der Waals surface area contributed by atoms with Gasteiger partial charge in [-0.15, -0.1) is 11.3 Å². The minimum Gasteiger partial charge on any atom is -0.348 e. The van der Waals surface area contributed by atoms with Crippen LogP contribution in [-0.4, -0.2) is 21.2 Å². The third kappa shape index (κ3) is 4.42. The number of carbonyl (C=O) groups excluding carboxylic acids is 1. The molecule has 0 bridgehead atoms. The monoisotopic (exact) mass is 401 g/mol. The predicted molar refractivity (Wildman–Crippen MR) is 112 cm³/mol. The van der Waals surface area contributed by atoms with Gasteiger partial charge in [0.25, 0.3) is 5.56 Å². The van der Waals surface area contributed by atoms with Gasteiger partial charge < -0.3 is 5.32 Å². The molecular formula is C20H23N3O2S2. The third-order valence-corrected chi connectivity index (χ3v) is 6.19. The number of nitrogens with zero attached hydrogens (tertiary/aromatic N) is 2. The standard InChI is InChI=1S/C20H23N3O2S2/c1-4-23-19(25)18-15(10-11-26-18)21-20(23)27-12-16(24)22-17(13(2)3)14-8-6-5-7-9-14/h5-11,13,17H,4,12H2,1-3H3,(H,22,24). The van der Waals surface area contributed by atoms with E-state index in [0.717, 1.165) is 5.56 Å². The van der Waals surface area contributed by atoms with Gasteiger partial charge in [-0.1, -0.05) is 55.9 Å². The molecule has 1 aromatic carbocycles. The maximum Gasteiger partial charge on any atom is 0.272 e. The summed E-state index contributed by atoms with van der Waals surface area (Å²) in [5.41, 5.74) is 1.75. The van der Waals surface area contributed by atoms with E-state index < -0.39 is 0 Å². The van der Waals surface area contributed by atoms with E-state index in [1.807, 2.05) is 48.7 Å². The van der Waals surface area contributed by atoms with Gasteiger partial charge in [0.15, 0.2) is 5.16 Å². The summed E-state index contributed by atoms with van der Waals surface area (Å²) in [6.07, 6.45) is 0. The lowest BCUT2D eigenvalue weighted by Crippen LogP contribution is -2.33. The van der Waals surface area contributed by atoms with Gasteiger partial charge in [0.1, 0.15) is 4.70 Å². The number of amides is 1. The highest BCUT2D eigenvalue weighted by molar-refractivity contribution is 7.99. The molecule has 0 aliphatic carbocycles. The molecule has 27 heavy (non-hydrogen) atoms. The highest BCUT2D eigenvalue weighted by Crippen LogP contribution is 2.23. The van der Waals surface area contributed by atoms with Crippen LogP contribution in [0.15, 0.2) is 51.7 Å². The van der Waals surface area contributed by atoms with Crippen molar-refractivity contribution in [3.05, 3.63) is 57.7 Å². The number of benzene rings is 1. The van der Waals surface area contributed by atoms with Crippen molar-refractivity contribution in [2.24, 2.45) is 5.92 Å². The van der Waals surface area contributed by atoms with E-state index in [2.05, 4.69) is 24.1 Å². The van der Waals surface area contributed by atoms with Crippen LogP contribution >= 0.6 is 23.1 Å². The first-order valence-electron chi connectivity index (χ1n) is 8.96. The van der Waals surface area contributed by atoms with Gasteiger partial charge in [-0.25, -0.2) is 4.98 Å². The van der Waals surface area contributed by atoms with Crippen LogP contribution in [0.5, 0.6) is 0 Å². The zero-order chi connectivity index (χ0) is 19.4. The summed E-state index contributed by atoms with van der Waals surface area (Å²) >= 11 is 2.71. The Hall–Kier alpha value is -2.12. The summed E-state index contributed by atoms with van der Waals surface area (Å²) in [4.78, 5) is 29.7. The molecule has 3 aromatic rings. The molecule has 142 valence electrons. The molecule has 2 heterocycles. The predicted octanol–water partition coefficient (Wildman–Crippen LogP) is 4.08. The fourth-order valence-electron chi connectivity index (χ4n) is 2.95. The maximum atomic E-state index is 12.6. The van der Waals surface area contributed by atoms with Crippen molar-refractivity contribution in [1.82, 2.24) is 14.9 Å². The van der Waals surface area contributed by atoms with Crippen molar-refractivity contribution in [2.75, 3.05) is 5.75 Å². The van der Waals surface area contributed by atoms with E-state index >= 15 is 0 Å². The van der Waals surface area contributed by atoms with Crippen molar-refractivity contribution < 1.29 is 4.79 Å². The largest absolute Gasteiger partial charge is 0.348 e. The summed E-state index contributed by atoms with van der Waals surface area (Å²) < 4.78 is 2.29. The van der Waals surface area contributed by atoms with Crippen LogP contribution in [0, 0.1) is 5.92 Å². The van der Waals surface area contributed by atoms with Gasteiger partial charge in [-0.3, -0.25) is 14.2 Å². The Morgan fingerprint density at radius 1 is 1.26 bits per heavy atom. The highest BCUT2D eigenvalue weighted by Gasteiger charge is 2.19. The van der Waals surface area contributed by atoms with E-state index in [4.69, 9.17) is 0 Å². The Morgan fingerprint density at radius 2 is 2.00 bits per heavy atom. The van der Waals surface area contributed by atoms with Gasteiger partial charge in [0.2, 0.25) is 5.91 Å². The second-order valence-corrected chi connectivity index (χ2v) is 8.43. The molecule has 0 saturated carbocycles. The molecule has 7 heteroatoms. The molecule has 5 nitrogen and oxygen atoms in total. The van der Waals surface area contributed by atoms with Crippen LogP contribution in [0.1, 0.15) is 32.4 Å². The average Bonchev–Trinajstić information content (AvgIpc) is 3.14. The zero-order valence-electron chi connectivity index (χ0n) is 15.6. The van der Waals surface area contributed by atoms with Crippen LogP contribution in [0.4, 0.5) is 0 Å². The molecule has 0 spiro atoms. The summed E-state index contributed by atoms with van der Waals surface area (Å²) in [5.74, 6) is 0.429. The summed E-state index contributed by atoms with van der Waals surface area (Å²) in [6, 6.07) is 11.8. The highest BCUT2D eigenvalue weighted by atomic mass is 32.2. The van der Waals surface area contributed by atoms with Crippen molar-refractivity contribution in [3.63, 3.8) is 0 Å². The third-order valence-electron chi connectivity index (χ3n) is 4.32. The molecule has 3 rings (SSSR count). The van der Waals surface area contributed by atoms with Gasteiger partial charge in [-0.2, -0.15) is 0 Å². The second kappa shape index (κ2) is 8.71. The number of thiophene rings is 1. The molecular weight excluding hydrogens is 378 g/mol. The van der Waals surface area contributed by atoms with E-state index in [1.165, 1.54) is 23.1 Å². The van der Waals surface area contributed by atoms with E-state index in [9.17, 15) is 9.59 Å². The number of rotatable bonds is 7. The van der Waals surface area contributed by atoms with Crippen LogP contribution in [0.25, 0.3) is 10.2 Å². The van der Waals surface area contributed by atoms with E-state index in [-0.39, 0.29) is 29.2 Å². The lowest BCUT2D eigenvalue weighted by molar-refractivity contribution is -0.119. The zero-order valence-corrected chi connectivity index (χ0v) is 17.3. The minimum atomic E-state index is -0.0649. The van der Waals surface area contributed by atoms with E-state index in [0.29, 0.717) is 21.9 Å². The Bertz CT molecular complexity index is 980. The van der Waals surface area contributed by atoms with Crippen LogP contribution < -0.4 is 10.9 Å². The first-order valence-corrected chi connectivity index (χ1v) is 10.8. The smallest absolute Gasteiger partial charge is 0.272 e. The number of thioether (sulfide) groups is 1. The molecule has 1 atom stereocenters. The molecule has 2 aromatic heterocycles. The number of nitrogens with one attached hydrogen (secondary N) is 1. The van der Waals surface area contributed by atoms with Crippen molar-refractivity contribution in [3.8, 4) is 0 Å². The van der Waals surface area contributed by atoms with Crippen molar-refractivity contribution in [1.29, 1.82) is 0 Å². The lowest BCUT2D eigenvalue weighted by atomic mass is 9.96. The summed E-state index contributed by atoms with van der Waals surface area (Å²) in [6.45, 7) is 6.62. The number of aromatic nitrogens is 2. The second-order valence-electron chi connectivity index (χ2n) is 6.57. The van der Waals surface area contributed by atoms with Crippen LogP contribution in [0.3, 0.4) is 0 Å². The number of carbonyl (C=O) groups is 1. The lowest BCUT2D eigenvalue weighted by Gasteiger charge is -2.23. The van der Waals surface area contributed by atoms with Gasteiger partial charge in [0, 0.05) is 6.54 Å². The summed E-state index contributed by atoms with van der Waals surface area (Å²) in [5, 5.41) is 5.57. The minimum absolute atomic E-state index is 0.0373. The number of hydrogen-bond donors (Lipinski definition) is 1.